The molecule has 5 fully saturated rings. The van der Waals surface area contributed by atoms with E-state index in [1.54, 1.807) is 0 Å². The van der Waals surface area contributed by atoms with Crippen LogP contribution in [0.25, 0.3) is 0 Å². The molecule has 0 aromatic heterocycles. The summed E-state index contributed by atoms with van der Waals surface area (Å²) in [4.78, 5) is 25.2. The lowest BCUT2D eigenvalue weighted by Crippen LogP contribution is -2.66. The summed E-state index contributed by atoms with van der Waals surface area (Å²) in [5.41, 5.74) is 0.125. The van der Waals surface area contributed by atoms with Crippen molar-refractivity contribution in [3.05, 3.63) is 0 Å². The maximum absolute atomic E-state index is 12.8. The smallest absolute Gasteiger partial charge is 0.309 e. The van der Waals surface area contributed by atoms with Gasteiger partial charge in [-0.25, -0.2) is 0 Å². The van der Waals surface area contributed by atoms with E-state index >= 15 is 0 Å². The lowest BCUT2D eigenvalue weighted by molar-refractivity contribution is -0.232. The zero-order chi connectivity index (χ0) is 21.7. The minimum atomic E-state index is -0.512. The number of hydrogen-bond donors (Lipinski definition) is 1. The van der Waals surface area contributed by atoms with E-state index in [0.717, 1.165) is 44.9 Å². The molecule has 0 aromatic carbocycles. The minimum absolute atomic E-state index is 0.192. The van der Waals surface area contributed by atoms with E-state index in [1.807, 2.05) is 0 Å². The highest BCUT2D eigenvalue weighted by atomic mass is 16.4. The molecule has 0 bridgehead atoms. The molecule has 5 aliphatic rings. The van der Waals surface area contributed by atoms with E-state index in [9.17, 15) is 14.7 Å². The first kappa shape index (κ1) is 21.0. The highest BCUT2D eigenvalue weighted by Gasteiger charge is 2.70. The highest BCUT2D eigenvalue weighted by Crippen LogP contribution is 2.76. The maximum atomic E-state index is 12.8. The standard InChI is InChI=1S/C27H42O3/c1-23(2)19-10-14-26(5)20(24(19,3)13-11-21(23)28)9-8-17-18-7-6-12-27(18,22(29)30)16-15-25(17,26)4/h17-20H,6-16H2,1-5H3,(H,29,30)/t17?,18-,19?,20?,24?,25-,26?,27?/m1/s1. The van der Waals surface area contributed by atoms with Crippen LogP contribution in [0.15, 0.2) is 0 Å². The van der Waals surface area contributed by atoms with Crippen LogP contribution in [0.4, 0.5) is 0 Å². The quantitative estimate of drug-likeness (QED) is 0.533. The Kier molecular flexibility index (Phi) is 4.29. The topological polar surface area (TPSA) is 54.4 Å². The Labute approximate surface area is 182 Å². The summed E-state index contributed by atoms with van der Waals surface area (Å²) in [5.74, 6) is 2.06. The Morgan fingerprint density at radius 3 is 2.23 bits per heavy atom. The summed E-state index contributed by atoms with van der Waals surface area (Å²) in [7, 11) is 0. The van der Waals surface area contributed by atoms with Gasteiger partial charge in [0.2, 0.25) is 0 Å². The second-order valence-electron chi connectivity index (χ2n) is 13.3. The van der Waals surface area contributed by atoms with Crippen molar-refractivity contribution in [3.8, 4) is 0 Å². The summed E-state index contributed by atoms with van der Waals surface area (Å²) in [6.07, 6.45) is 11.7. The molecule has 3 heteroatoms. The minimum Gasteiger partial charge on any atom is -0.481 e. The van der Waals surface area contributed by atoms with Gasteiger partial charge in [0, 0.05) is 11.8 Å². The molecule has 0 heterocycles. The van der Waals surface area contributed by atoms with Crippen molar-refractivity contribution in [1.29, 1.82) is 0 Å². The van der Waals surface area contributed by atoms with E-state index in [0.29, 0.717) is 29.5 Å². The van der Waals surface area contributed by atoms with E-state index < -0.39 is 11.4 Å². The lowest BCUT2D eigenvalue weighted by atomic mass is 9.32. The molecule has 0 aliphatic heterocycles. The van der Waals surface area contributed by atoms with Gasteiger partial charge in [0.25, 0.3) is 0 Å². The normalized spacial score (nSPS) is 54.5. The Bertz CT molecular complexity index is 785. The molecule has 3 nitrogen and oxygen atoms in total. The van der Waals surface area contributed by atoms with Crippen molar-refractivity contribution in [3.63, 3.8) is 0 Å². The van der Waals surface area contributed by atoms with Crippen molar-refractivity contribution < 1.29 is 14.7 Å². The average Bonchev–Trinajstić information content (AvgIpc) is 3.11. The number of carboxylic acids is 1. The SMILES string of the molecule is CC1(C)C(=O)CCC2(C)C1CCC1(C)C2CCC2[C@H]3CCCC3(C(=O)O)CC[C@]21C. The molecule has 168 valence electrons. The lowest BCUT2D eigenvalue weighted by Gasteiger charge is -2.72. The molecule has 0 radical (unpaired) electrons. The zero-order valence-electron chi connectivity index (χ0n) is 19.9. The second-order valence-corrected chi connectivity index (χ2v) is 13.3. The molecule has 0 aromatic rings. The number of aliphatic carboxylic acids is 1. The predicted molar refractivity (Wildman–Crippen MR) is 118 cm³/mol. The molecule has 8 atom stereocenters. The van der Waals surface area contributed by atoms with Crippen LogP contribution >= 0.6 is 0 Å². The molecule has 6 unspecified atom stereocenters. The number of carbonyl (C=O) groups is 2. The van der Waals surface area contributed by atoms with Crippen molar-refractivity contribution >= 4 is 11.8 Å². The van der Waals surface area contributed by atoms with Crippen LogP contribution in [0.1, 0.15) is 105 Å². The van der Waals surface area contributed by atoms with E-state index in [1.165, 1.54) is 25.7 Å². The Hall–Kier alpha value is -0.860. The van der Waals surface area contributed by atoms with Gasteiger partial charge < -0.3 is 5.11 Å². The van der Waals surface area contributed by atoms with E-state index in [4.69, 9.17) is 0 Å². The highest BCUT2D eigenvalue weighted by molar-refractivity contribution is 5.85. The molecule has 0 amide bonds. The van der Waals surface area contributed by atoms with Crippen molar-refractivity contribution in [2.24, 2.45) is 50.7 Å². The van der Waals surface area contributed by atoms with Gasteiger partial charge in [0.1, 0.15) is 5.78 Å². The molecular weight excluding hydrogens is 372 g/mol. The number of hydrogen-bond acceptors (Lipinski definition) is 2. The molecule has 30 heavy (non-hydrogen) atoms. The van der Waals surface area contributed by atoms with Crippen LogP contribution in [-0.4, -0.2) is 16.9 Å². The van der Waals surface area contributed by atoms with Gasteiger partial charge in [-0.05, 0) is 97.7 Å². The largest absolute Gasteiger partial charge is 0.481 e. The summed E-state index contributed by atoms with van der Waals surface area (Å²) >= 11 is 0. The summed E-state index contributed by atoms with van der Waals surface area (Å²) in [5, 5.41) is 10.2. The number of carbonyl (C=O) groups excluding carboxylic acids is 1. The third-order valence-corrected chi connectivity index (χ3v) is 12.5. The van der Waals surface area contributed by atoms with Crippen LogP contribution in [-0.2, 0) is 9.59 Å². The van der Waals surface area contributed by atoms with Gasteiger partial charge in [-0.2, -0.15) is 0 Å². The number of fused-ring (bicyclic) bond motifs is 7. The van der Waals surface area contributed by atoms with Crippen molar-refractivity contribution in [1.82, 2.24) is 0 Å². The van der Waals surface area contributed by atoms with E-state index in [2.05, 4.69) is 34.6 Å². The van der Waals surface area contributed by atoms with E-state index in [-0.39, 0.29) is 21.7 Å². The number of rotatable bonds is 1. The Morgan fingerprint density at radius 1 is 0.800 bits per heavy atom. The van der Waals surface area contributed by atoms with Gasteiger partial charge in [0.05, 0.1) is 5.41 Å². The van der Waals surface area contributed by atoms with Crippen LogP contribution in [0, 0.1) is 50.7 Å². The van der Waals surface area contributed by atoms with Crippen LogP contribution in [0.2, 0.25) is 0 Å². The predicted octanol–water partition coefficient (Wildman–Crippen LogP) is 6.50. The summed E-state index contributed by atoms with van der Waals surface area (Å²) in [6.45, 7) is 12.1. The fourth-order valence-electron chi connectivity index (χ4n) is 10.7. The third kappa shape index (κ3) is 2.23. The second kappa shape index (κ2) is 6.13. The molecular formula is C27H42O3. The Balaban J connectivity index is 1.54. The van der Waals surface area contributed by atoms with Gasteiger partial charge in [0.15, 0.2) is 0 Å². The molecule has 5 rings (SSSR count). The van der Waals surface area contributed by atoms with Crippen LogP contribution in [0.3, 0.4) is 0 Å². The number of ketones is 1. The zero-order valence-corrected chi connectivity index (χ0v) is 19.9. The molecule has 5 aliphatic carbocycles. The Morgan fingerprint density at radius 2 is 1.53 bits per heavy atom. The molecule has 0 saturated heterocycles. The van der Waals surface area contributed by atoms with Crippen molar-refractivity contribution in [2.45, 2.75) is 105 Å². The van der Waals surface area contributed by atoms with Crippen molar-refractivity contribution in [2.75, 3.05) is 0 Å². The van der Waals surface area contributed by atoms with Gasteiger partial charge in [-0.3, -0.25) is 9.59 Å². The van der Waals surface area contributed by atoms with Crippen LogP contribution in [0.5, 0.6) is 0 Å². The average molecular weight is 415 g/mol. The summed E-state index contributed by atoms with van der Waals surface area (Å²) in [6, 6.07) is 0. The fraction of sp³-hybridized carbons (Fsp3) is 0.926. The third-order valence-electron chi connectivity index (χ3n) is 12.5. The molecule has 0 spiro atoms. The number of carboxylic acid groups (broad SMARTS) is 1. The molecule has 5 saturated carbocycles. The first-order valence-corrected chi connectivity index (χ1v) is 12.7. The fourth-order valence-corrected chi connectivity index (χ4v) is 10.7. The first-order chi connectivity index (χ1) is 13.9. The summed E-state index contributed by atoms with van der Waals surface area (Å²) < 4.78 is 0. The van der Waals surface area contributed by atoms with Gasteiger partial charge in [-0.15, -0.1) is 0 Å². The molecule has 1 N–H and O–H groups in total. The maximum Gasteiger partial charge on any atom is 0.309 e. The van der Waals surface area contributed by atoms with Gasteiger partial charge in [-0.1, -0.05) is 41.0 Å². The monoisotopic (exact) mass is 414 g/mol. The van der Waals surface area contributed by atoms with Gasteiger partial charge >= 0.3 is 5.97 Å². The van der Waals surface area contributed by atoms with Crippen LogP contribution < -0.4 is 0 Å². The number of Topliss-reactive ketones (excluding diaryl/α,β-unsaturated/α-hetero) is 1. The first-order valence-electron chi connectivity index (χ1n) is 12.7.